The van der Waals surface area contributed by atoms with E-state index in [0.29, 0.717) is 18.3 Å². The SMILES string of the molecule is CC.CC(C)OCCCN1CCOC(C)(C)C1.CC(C)OCCCN1CCOC(C)C1. The molecule has 0 N–H and O–H groups in total. The number of rotatable bonds is 10. The fourth-order valence-electron chi connectivity index (χ4n) is 3.61. The maximum Gasteiger partial charge on any atom is 0.0753 e. The second-order valence-corrected chi connectivity index (χ2v) is 9.41. The highest BCUT2D eigenvalue weighted by Crippen LogP contribution is 2.16. The molecule has 1 unspecified atom stereocenters. The zero-order valence-electron chi connectivity index (χ0n) is 22.2. The maximum atomic E-state index is 5.67. The van der Waals surface area contributed by atoms with Crippen LogP contribution in [0.4, 0.5) is 0 Å². The van der Waals surface area contributed by atoms with Crippen LogP contribution in [0.2, 0.25) is 0 Å². The first-order valence-corrected chi connectivity index (χ1v) is 12.6. The summed E-state index contributed by atoms with van der Waals surface area (Å²) in [6.45, 7) is 28.8. The Morgan fingerprint density at radius 3 is 1.87 bits per heavy atom. The van der Waals surface area contributed by atoms with E-state index in [4.69, 9.17) is 18.9 Å². The van der Waals surface area contributed by atoms with Crippen LogP contribution in [0.1, 0.15) is 75.2 Å². The van der Waals surface area contributed by atoms with E-state index in [1.807, 2.05) is 13.8 Å². The van der Waals surface area contributed by atoms with Gasteiger partial charge in [0.25, 0.3) is 0 Å². The lowest BCUT2D eigenvalue weighted by Crippen LogP contribution is -2.48. The van der Waals surface area contributed by atoms with Gasteiger partial charge in [0.2, 0.25) is 0 Å². The molecule has 2 rings (SSSR count). The zero-order valence-corrected chi connectivity index (χ0v) is 22.2. The number of nitrogens with zero attached hydrogens (tertiary/aromatic N) is 2. The average Bonchev–Trinajstić information content (AvgIpc) is 2.70. The summed E-state index contributed by atoms with van der Waals surface area (Å²) >= 11 is 0. The van der Waals surface area contributed by atoms with E-state index < -0.39 is 0 Å². The van der Waals surface area contributed by atoms with Crippen LogP contribution in [-0.4, -0.2) is 99.4 Å². The summed E-state index contributed by atoms with van der Waals surface area (Å²) in [5.41, 5.74) is 0.0250. The molecule has 31 heavy (non-hydrogen) atoms. The minimum atomic E-state index is 0.0250. The van der Waals surface area contributed by atoms with Gasteiger partial charge < -0.3 is 18.9 Å². The van der Waals surface area contributed by atoms with Crippen LogP contribution < -0.4 is 0 Å². The number of hydrogen-bond acceptors (Lipinski definition) is 6. The van der Waals surface area contributed by atoms with Crippen LogP contribution in [0.5, 0.6) is 0 Å². The van der Waals surface area contributed by atoms with Gasteiger partial charge in [-0.05, 0) is 61.3 Å². The number of ether oxygens (including phenoxy) is 4. The molecular formula is C25H54N2O4. The summed E-state index contributed by atoms with van der Waals surface area (Å²) in [5.74, 6) is 0. The second kappa shape index (κ2) is 18.2. The highest BCUT2D eigenvalue weighted by molar-refractivity contribution is 4.78. The summed E-state index contributed by atoms with van der Waals surface area (Å²) in [5, 5.41) is 0. The fraction of sp³-hybridized carbons (Fsp3) is 1.00. The summed E-state index contributed by atoms with van der Waals surface area (Å²) in [4.78, 5) is 4.92. The third kappa shape index (κ3) is 17.9. The Morgan fingerprint density at radius 1 is 0.871 bits per heavy atom. The van der Waals surface area contributed by atoms with Crippen LogP contribution >= 0.6 is 0 Å². The Hall–Kier alpha value is -0.240. The molecule has 2 aliphatic rings. The first-order chi connectivity index (χ1) is 14.7. The van der Waals surface area contributed by atoms with Crippen molar-refractivity contribution in [2.45, 2.75) is 99.1 Å². The molecule has 0 saturated carbocycles. The van der Waals surface area contributed by atoms with Crippen LogP contribution in [-0.2, 0) is 18.9 Å². The molecule has 0 aliphatic carbocycles. The van der Waals surface area contributed by atoms with Crippen molar-refractivity contribution >= 4 is 0 Å². The number of morpholine rings is 2. The summed E-state index contributed by atoms with van der Waals surface area (Å²) in [6.07, 6.45) is 3.36. The molecule has 2 aliphatic heterocycles. The maximum absolute atomic E-state index is 5.67. The van der Waals surface area contributed by atoms with E-state index in [9.17, 15) is 0 Å². The van der Waals surface area contributed by atoms with Gasteiger partial charge >= 0.3 is 0 Å². The van der Waals surface area contributed by atoms with Gasteiger partial charge in [0.1, 0.15) is 0 Å². The highest BCUT2D eigenvalue weighted by Gasteiger charge is 2.26. The molecule has 0 radical (unpaired) electrons. The van der Waals surface area contributed by atoms with Crippen molar-refractivity contribution in [3.63, 3.8) is 0 Å². The molecule has 0 aromatic rings. The van der Waals surface area contributed by atoms with Gasteiger partial charge in [0, 0.05) is 52.5 Å². The zero-order chi connectivity index (χ0) is 23.7. The van der Waals surface area contributed by atoms with E-state index in [1.165, 1.54) is 0 Å². The second-order valence-electron chi connectivity index (χ2n) is 9.41. The number of hydrogen-bond donors (Lipinski definition) is 0. The predicted octanol–water partition coefficient (Wildman–Crippen LogP) is 4.46. The minimum absolute atomic E-state index is 0.0250. The van der Waals surface area contributed by atoms with Gasteiger partial charge in [-0.1, -0.05) is 13.8 Å². The molecule has 188 valence electrons. The molecule has 2 fully saturated rings. The van der Waals surface area contributed by atoms with Gasteiger partial charge in [-0.15, -0.1) is 0 Å². The summed E-state index contributed by atoms with van der Waals surface area (Å²) in [7, 11) is 0. The van der Waals surface area contributed by atoms with Crippen LogP contribution in [0.3, 0.4) is 0 Å². The molecule has 0 aromatic heterocycles. The van der Waals surface area contributed by atoms with Crippen LogP contribution in [0, 0.1) is 0 Å². The van der Waals surface area contributed by atoms with Crippen molar-refractivity contribution < 1.29 is 18.9 Å². The molecule has 2 heterocycles. The van der Waals surface area contributed by atoms with Crippen molar-refractivity contribution in [1.82, 2.24) is 9.80 Å². The van der Waals surface area contributed by atoms with Gasteiger partial charge in [-0.25, -0.2) is 0 Å². The molecule has 1 atom stereocenters. The smallest absolute Gasteiger partial charge is 0.0753 e. The van der Waals surface area contributed by atoms with Gasteiger partial charge in [-0.2, -0.15) is 0 Å². The van der Waals surface area contributed by atoms with E-state index in [1.54, 1.807) is 0 Å². The standard InChI is InChI=1S/C12H25NO2.C11H23NO2.C2H6/c1-11(2)14-8-5-6-13-7-9-15-12(3,4)10-13;1-10(2)13-7-4-5-12-6-8-14-11(3)9-12;1-2/h11H,5-10H2,1-4H3;10-11H,4-9H2,1-3H3;1-2H3. The van der Waals surface area contributed by atoms with E-state index >= 15 is 0 Å². The molecule has 0 amide bonds. The Kier molecular flexibility index (Phi) is 18.1. The Bertz CT molecular complexity index is 405. The molecule has 6 nitrogen and oxygen atoms in total. The predicted molar refractivity (Wildman–Crippen MR) is 131 cm³/mol. The van der Waals surface area contributed by atoms with Crippen molar-refractivity contribution in [3.8, 4) is 0 Å². The van der Waals surface area contributed by atoms with Gasteiger partial charge in [-0.3, -0.25) is 9.80 Å². The molecule has 0 spiro atoms. The largest absolute Gasteiger partial charge is 0.379 e. The lowest BCUT2D eigenvalue weighted by Gasteiger charge is -2.38. The van der Waals surface area contributed by atoms with Crippen molar-refractivity contribution in [2.24, 2.45) is 0 Å². The lowest BCUT2D eigenvalue weighted by atomic mass is 10.1. The molecule has 2 saturated heterocycles. The van der Waals surface area contributed by atoms with E-state index in [-0.39, 0.29) is 5.60 Å². The highest BCUT2D eigenvalue weighted by atomic mass is 16.5. The normalized spacial score (nSPS) is 22.0. The third-order valence-corrected chi connectivity index (χ3v) is 4.97. The van der Waals surface area contributed by atoms with Crippen molar-refractivity contribution in [2.75, 3.05) is 65.7 Å². The molecular weight excluding hydrogens is 392 g/mol. The van der Waals surface area contributed by atoms with E-state index in [0.717, 1.165) is 78.5 Å². The quantitative estimate of drug-likeness (QED) is 0.462. The average molecular weight is 447 g/mol. The molecule has 0 bridgehead atoms. The lowest BCUT2D eigenvalue weighted by molar-refractivity contribution is -0.0874. The topological polar surface area (TPSA) is 43.4 Å². The Morgan fingerprint density at radius 2 is 1.39 bits per heavy atom. The Balaban J connectivity index is 0.000000539. The first-order valence-electron chi connectivity index (χ1n) is 12.6. The van der Waals surface area contributed by atoms with Crippen molar-refractivity contribution in [3.05, 3.63) is 0 Å². The van der Waals surface area contributed by atoms with Gasteiger partial charge in [0.05, 0.1) is 37.1 Å². The molecule has 6 heteroatoms. The van der Waals surface area contributed by atoms with Crippen LogP contribution in [0.15, 0.2) is 0 Å². The monoisotopic (exact) mass is 446 g/mol. The summed E-state index contributed by atoms with van der Waals surface area (Å²) < 4.78 is 22.2. The van der Waals surface area contributed by atoms with Gasteiger partial charge in [0.15, 0.2) is 0 Å². The Labute approximate surface area is 193 Å². The minimum Gasteiger partial charge on any atom is -0.379 e. The fourth-order valence-corrected chi connectivity index (χ4v) is 3.61. The summed E-state index contributed by atoms with van der Waals surface area (Å²) in [6, 6.07) is 0. The molecule has 0 aromatic carbocycles. The third-order valence-electron chi connectivity index (χ3n) is 4.97. The van der Waals surface area contributed by atoms with Crippen molar-refractivity contribution in [1.29, 1.82) is 0 Å². The first kappa shape index (κ1) is 30.8. The van der Waals surface area contributed by atoms with E-state index in [2.05, 4.69) is 58.3 Å². The van der Waals surface area contributed by atoms with Crippen LogP contribution in [0.25, 0.3) is 0 Å².